The Kier molecular flexibility index (Phi) is 17.4. The topological polar surface area (TPSA) is 161 Å². The van der Waals surface area contributed by atoms with Crippen LogP contribution in [0.5, 0.6) is 0 Å². The molecule has 0 aromatic heterocycles. The standard InChI is InChI=1S/Na.2H2O4S.Rh/c;2*1-5(2,3)4;/h;2*(H2,1,2,3,4);/q+1;;;+3/p-4. The van der Waals surface area contributed by atoms with Gasteiger partial charge in [0.2, 0.25) is 0 Å². The summed E-state index contributed by atoms with van der Waals surface area (Å²) in [5.41, 5.74) is 0. The van der Waals surface area contributed by atoms with Crippen LogP contribution in [0.2, 0.25) is 0 Å². The second kappa shape index (κ2) is 8.94. The first kappa shape index (κ1) is 23.3. The van der Waals surface area contributed by atoms with Crippen molar-refractivity contribution in [2.45, 2.75) is 0 Å². The van der Waals surface area contributed by atoms with Gasteiger partial charge in [-0.25, -0.2) is 0 Å². The predicted octanol–water partition coefficient (Wildman–Crippen LogP) is -5.67. The van der Waals surface area contributed by atoms with Crippen molar-refractivity contribution >= 4 is 20.8 Å². The maximum absolute atomic E-state index is 8.52. The Hall–Kier alpha value is 1.36. The van der Waals surface area contributed by atoms with E-state index in [0.717, 1.165) is 0 Å². The van der Waals surface area contributed by atoms with Gasteiger partial charge in [0.1, 0.15) is 0 Å². The van der Waals surface area contributed by atoms with Gasteiger partial charge in [-0.3, -0.25) is 16.8 Å². The smallest absolute Gasteiger partial charge is 0.759 e. The van der Waals surface area contributed by atoms with Crippen molar-refractivity contribution in [3.05, 3.63) is 0 Å². The Morgan fingerprint density at radius 1 is 0.667 bits per heavy atom. The van der Waals surface area contributed by atoms with Crippen molar-refractivity contribution in [2.75, 3.05) is 0 Å². The summed E-state index contributed by atoms with van der Waals surface area (Å²) in [5, 5.41) is 0. The van der Waals surface area contributed by atoms with Crippen molar-refractivity contribution in [3.8, 4) is 0 Å². The molecule has 0 aromatic rings. The molecule has 0 saturated carbocycles. The van der Waals surface area contributed by atoms with E-state index < -0.39 is 20.8 Å². The molecular weight excluding hydrogens is 318 g/mol. The molecule has 8 nitrogen and oxygen atoms in total. The third-order valence-corrected chi connectivity index (χ3v) is 0. The van der Waals surface area contributed by atoms with E-state index in [4.69, 9.17) is 35.0 Å². The second-order valence-corrected chi connectivity index (χ2v) is 2.45. The minimum atomic E-state index is -5.17. The van der Waals surface area contributed by atoms with Crippen molar-refractivity contribution in [3.63, 3.8) is 0 Å². The van der Waals surface area contributed by atoms with E-state index >= 15 is 0 Å². The van der Waals surface area contributed by atoms with Crippen molar-refractivity contribution in [2.24, 2.45) is 0 Å². The molecule has 0 saturated heterocycles. The van der Waals surface area contributed by atoms with Gasteiger partial charge in [-0.15, -0.1) is 0 Å². The molecule has 12 heteroatoms. The van der Waals surface area contributed by atoms with Crippen LogP contribution in [0.15, 0.2) is 0 Å². The Morgan fingerprint density at radius 2 is 0.667 bits per heavy atom. The fraction of sp³-hybridized carbons (Fsp3) is 0. The molecule has 12 heavy (non-hydrogen) atoms. The van der Waals surface area contributed by atoms with Crippen molar-refractivity contribution < 1.29 is 84.1 Å². The van der Waals surface area contributed by atoms with E-state index in [9.17, 15) is 0 Å². The maximum Gasteiger partial charge on any atom is 3.00 e. The van der Waals surface area contributed by atoms with Gasteiger partial charge in [0.25, 0.3) is 0 Å². The summed E-state index contributed by atoms with van der Waals surface area (Å²) in [7, 11) is -10.3. The summed E-state index contributed by atoms with van der Waals surface area (Å²) < 4.78 is 68.2. The zero-order chi connectivity index (χ0) is 9.00. The molecule has 0 unspecified atom stereocenters. The van der Waals surface area contributed by atoms with Crippen LogP contribution in [0, 0.1) is 0 Å². The van der Waals surface area contributed by atoms with Crippen LogP contribution in [-0.4, -0.2) is 35.0 Å². The van der Waals surface area contributed by atoms with Gasteiger partial charge in [-0.2, -0.15) is 0 Å². The zero-order valence-electron chi connectivity index (χ0n) is 5.42. The van der Waals surface area contributed by atoms with E-state index in [0.29, 0.717) is 0 Å². The molecule has 0 heterocycles. The molecule has 0 fully saturated rings. The van der Waals surface area contributed by atoms with Crippen molar-refractivity contribution in [1.82, 2.24) is 0 Å². The van der Waals surface area contributed by atoms with E-state index in [-0.39, 0.29) is 49.0 Å². The van der Waals surface area contributed by atoms with E-state index in [1.807, 2.05) is 0 Å². The van der Waals surface area contributed by atoms with Gasteiger partial charge in [0, 0.05) is 20.8 Å². The summed E-state index contributed by atoms with van der Waals surface area (Å²) >= 11 is 0. The van der Waals surface area contributed by atoms with Gasteiger partial charge >= 0.3 is 49.0 Å². The monoisotopic (exact) mass is 318 g/mol. The molecule has 0 aromatic carbocycles. The minimum absolute atomic E-state index is 0. The quantitative estimate of drug-likeness (QED) is 0.242. The molecule has 0 aliphatic heterocycles. The first-order valence-corrected chi connectivity index (χ1v) is 4.00. The number of hydrogen-bond donors (Lipinski definition) is 0. The van der Waals surface area contributed by atoms with Crippen LogP contribution in [0.3, 0.4) is 0 Å². The van der Waals surface area contributed by atoms with E-state index in [2.05, 4.69) is 0 Å². The zero-order valence-corrected chi connectivity index (χ0v) is 10.7. The van der Waals surface area contributed by atoms with Crippen LogP contribution >= 0.6 is 0 Å². The summed E-state index contributed by atoms with van der Waals surface area (Å²) in [6.07, 6.45) is 0. The molecule has 0 spiro atoms. The third kappa shape index (κ3) is 657. The van der Waals surface area contributed by atoms with Crippen molar-refractivity contribution in [1.29, 1.82) is 0 Å². The molecule has 0 rings (SSSR count). The van der Waals surface area contributed by atoms with Gasteiger partial charge in [-0.1, -0.05) is 0 Å². The van der Waals surface area contributed by atoms with Crippen LogP contribution in [-0.2, 0) is 40.3 Å². The molecule has 0 bridgehead atoms. The SMILES string of the molecule is O=S(=O)([O-])[O-].O=S(=O)([O-])[O-].[Na+].[Rh+3]. The van der Waals surface area contributed by atoms with Gasteiger partial charge in [0.05, 0.1) is 0 Å². The Balaban J connectivity index is -0.0000000457. The Morgan fingerprint density at radius 3 is 0.667 bits per heavy atom. The number of rotatable bonds is 0. The van der Waals surface area contributed by atoms with E-state index in [1.54, 1.807) is 0 Å². The van der Waals surface area contributed by atoms with Crippen LogP contribution in [0.25, 0.3) is 0 Å². The number of hydrogen-bond acceptors (Lipinski definition) is 8. The molecule has 70 valence electrons. The fourth-order valence-electron chi connectivity index (χ4n) is 0. The first-order chi connectivity index (χ1) is 4.00. The predicted molar refractivity (Wildman–Crippen MR) is 20.9 cm³/mol. The molecule has 0 aliphatic carbocycles. The first-order valence-electron chi connectivity index (χ1n) is 1.33. The average Bonchev–Trinajstić information content (AvgIpc) is 1.12. The average molecular weight is 318 g/mol. The summed E-state index contributed by atoms with van der Waals surface area (Å²) in [6.45, 7) is 0. The maximum atomic E-state index is 8.52. The normalized spacial score (nSPS) is 9.67. The Bertz CT molecular complexity index is 213. The second-order valence-electron chi connectivity index (χ2n) is 0.816. The van der Waals surface area contributed by atoms with Gasteiger partial charge < -0.3 is 18.2 Å². The molecule has 0 atom stereocenters. The largest absolute Gasteiger partial charge is 3.00 e. The molecule has 0 N–H and O–H groups in total. The molecule has 0 aliphatic rings. The van der Waals surface area contributed by atoms with Crippen LogP contribution in [0.4, 0.5) is 0 Å². The fourth-order valence-corrected chi connectivity index (χ4v) is 0. The van der Waals surface area contributed by atoms with E-state index in [1.165, 1.54) is 0 Å². The van der Waals surface area contributed by atoms with Crippen LogP contribution in [0.1, 0.15) is 0 Å². The molecule has 0 radical (unpaired) electrons. The van der Waals surface area contributed by atoms with Crippen LogP contribution < -0.4 is 29.6 Å². The third-order valence-electron chi connectivity index (χ3n) is 0. The summed E-state index contributed by atoms with van der Waals surface area (Å²) in [4.78, 5) is 0. The molecule has 0 amide bonds. The Labute approximate surface area is 104 Å². The summed E-state index contributed by atoms with van der Waals surface area (Å²) in [5.74, 6) is 0. The summed E-state index contributed by atoms with van der Waals surface area (Å²) in [6, 6.07) is 0. The molecular formula is NaO8RhS2. The van der Waals surface area contributed by atoms with Gasteiger partial charge in [0.15, 0.2) is 0 Å². The van der Waals surface area contributed by atoms with Gasteiger partial charge in [-0.05, 0) is 0 Å². The minimum Gasteiger partial charge on any atom is -0.759 e.